The molecule has 0 fully saturated rings. The Bertz CT molecular complexity index is 528. The Morgan fingerprint density at radius 2 is 2.00 bits per heavy atom. The molecule has 0 aliphatic carbocycles. The lowest BCUT2D eigenvalue weighted by Crippen LogP contribution is -1.99. The number of hydrogen-bond acceptors (Lipinski definition) is 3. The molecule has 0 aliphatic rings. The Kier molecular flexibility index (Phi) is 2.95. The maximum atomic E-state index is 9.83. The Morgan fingerprint density at radius 3 is 2.67 bits per heavy atom. The fourth-order valence-electron chi connectivity index (χ4n) is 1.36. The molecule has 0 unspecified atom stereocenters. The lowest BCUT2D eigenvalue weighted by Gasteiger charge is -2.06. The van der Waals surface area contributed by atoms with Crippen molar-refractivity contribution in [3.8, 4) is 5.75 Å². The smallest absolute Gasteiger partial charge is 0.156 e. The van der Waals surface area contributed by atoms with E-state index in [2.05, 4.69) is 36.8 Å². The Hall–Kier alpha value is -0.650. The van der Waals surface area contributed by atoms with Crippen LogP contribution in [-0.2, 0) is 6.54 Å². The number of nitrogens with zero attached hydrogens (tertiary/aromatic N) is 1. The van der Waals surface area contributed by atoms with Crippen LogP contribution in [0.3, 0.4) is 0 Å². The van der Waals surface area contributed by atoms with E-state index in [1.807, 2.05) is 12.1 Å². The first-order valence-electron chi connectivity index (χ1n) is 4.30. The van der Waals surface area contributed by atoms with Crippen molar-refractivity contribution in [3.05, 3.63) is 32.8 Å². The molecule has 1 aromatic heterocycles. The summed E-state index contributed by atoms with van der Waals surface area (Å²) in [6.07, 6.45) is 0. The van der Waals surface area contributed by atoms with E-state index in [1.54, 1.807) is 6.07 Å². The standard InChI is InChI=1S/C10H8Br2N2O/c11-7-3-8(12)10(15)9-6(7)2-1-5(4-13)14-9/h1-3,15H,4,13H2. The molecule has 1 aromatic carbocycles. The molecule has 0 saturated carbocycles. The first-order chi connectivity index (χ1) is 7.13. The van der Waals surface area contributed by atoms with Crippen LogP contribution in [0.1, 0.15) is 5.69 Å². The summed E-state index contributed by atoms with van der Waals surface area (Å²) in [4.78, 5) is 4.28. The molecule has 0 atom stereocenters. The number of phenolic OH excluding ortho intramolecular Hbond substituents is 1. The van der Waals surface area contributed by atoms with Crippen molar-refractivity contribution in [2.24, 2.45) is 5.73 Å². The quantitative estimate of drug-likeness (QED) is 0.844. The number of phenols is 1. The van der Waals surface area contributed by atoms with Crippen molar-refractivity contribution < 1.29 is 5.11 Å². The molecule has 1 heterocycles. The number of nitrogens with two attached hydrogens (primary N) is 1. The van der Waals surface area contributed by atoms with Crippen molar-refractivity contribution in [3.63, 3.8) is 0 Å². The third-order valence-electron chi connectivity index (χ3n) is 2.12. The minimum absolute atomic E-state index is 0.142. The van der Waals surface area contributed by atoms with Crippen LogP contribution in [0, 0.1) is 0 Å². The Morgan fingerprint density at radius 1 is 1.27 bits per heavy atom. The molecule has 2 aromatic rings. The average molecular weight is 332 g/mol. The molecule has 0 radical (unpaired) electrons. The maximum absolute atomic E-state index is 9.83. The monoisotopic (exact) mass is 330 g/mol. The van der Waals surface area contributed by atoms with Gasteiger partial charge in [0.05, 0.1) is 10.2 Å². The van der Waals surface area contributed by atoms with E-state index in [-0.39, 0.29) is 5.75 Å². The first kappa shape index (κ1) is 10.9. The Balaban J connectivity index is 2.85. The summed E-state index contributed by atoms with van der Waals surface area (Å²) >= 11 is 6.68. The highest BCUT2D eigenvalue weighted by atomic mass is 79.9. The molecule has 0 saturated heterocycles. The zero-order chi connectivity index (χ0) is 11.0. The lowest BCUT2D eigenvalue weighted by molar-refractivity contribution is 0.477. The molecule has 5 heteroatoms. The van der Waals surface area contributed by atoms with Crippen LogP contribution >= 0.6 is 31.9 Å². The normalized spacial score (nSPS) is 10.9. The third kappa shape index (κ3) is 1.87. The van der Waals surface area contributed by atoms with Crippen LogP contribution in [0.15, 0.2) is 27.1 Å². The number of benzene rings is 1. The van der Waals surface area contributed by atoms with E-state index in [4.69, 9.17) is 5.73 Å². The molecule has 0 amide bonds. The van der Waals surface area contributed by atoms with Crippen LogP contribution < -0.4 is 5.73 Å². The maximum Gasteiger partial charge on any atom is 0.156 e. The summed E-state index contributed by atoms with van der Waals surface area (Å²) < 4.78 is 1.50. The molecule has 2 rings (SSSR count). The van der Waals surface area contributed by atoms with Gasteiger partial charge in [-0.3, -0.25) is 0 Å². The second kappa shape index (κ2) is 4.08. The molecule has 0 aliphatic heterocycles. The third-order valence-corrected chi connectivity index (χ3v) is 3.38. The summed E-state index contributed by atoms with van der Waals surface area (Å²) in [6.45, 7) is 0.361. The fraction of sp³-hybridized carbons (Fsp3) is 0.100. The lowest BCUT2D eigenvalue weighted by atomic mass is 10.2. The van der Waals surface area contributed by atoms with Crippen LogP contribution in [0.4, 0.5) is 0 Å². The van der Waals surface area contributed by atoms with Gasteiger partial charge in [0.1, 0.15) is 5.52 Å². The van der Waals surface area contributed by atoms with Crippen LogP contribution in [0.2, 0.25) is 0 Å². The number of halogens is 2. The van der Waals surface area contributed by atoms with Gasteiger partial charge in [-0.15, -0.1) is 0 Å². The summed E-state index contributed by atoms with van der Waals surface area (Å²) in [7, 11) is 0. The summed E-state index contributed by atoms with van der Waals surface area (Å²) in [5.74, 6) is 0.142. The number of rotatable bonds is 1. The zero-order valence-corrected chi connectivity index (χ0v) is 10.8. The van der Waals surface area contributed by atoms with Gasteiger partial charge in [-0.1, -0.05) is 15.9 Å². The second-order valence-electron chi connectivity index (χ2n) is 3.09. The van der Waals surface area contributed by atoms with E-state index in [0.29, 0.717) is 16.5 Å². The van der Waals surface area contributed by atoms with E-state index in [1.165, 1.54) is 0 Å². The SMILES string of the molecule is NCc1ccc2c(Br)cc(Br)c(O)c2n1. The highest BCUT2D eigenvalue weighted by molar-refractivity contribution is 9.11. The summed E-state index contributed by atoms with van der Waals surface area (Å²) in [5.41, 5.74) is 6.81. The molecule has 15 heavy (non-hydrogen) atoms. The molecular weight excluding hydrogens is 324 g/mol. The van der Waals surface area contributed by atoms with Crippen molar-refractivity contribution in [2.45, 2.75) is 6.54 Å². The molecule has 0 spiro atoms. The van der Waals surface area contributed by atoms with Crippen LogP contribution in [0.5, 0.6) is 5.75 Å². The number of fused-ring (bicyclic) bond motifs is 1. The van der Waals surface area contributed by atoms with E-state index < -0.39 is 0 Å². The van der Waals surface area contributed by atoms with Crippen molar-refractivity contribution in [1.29, 1.82) is 0 Å². The number of aromatic hydroxyl groups is 1. The number of aromatic nitrogens is 1. The van der Waals surface area contributed by atoms with Gasteiger partial charge in [-0.25, -0.2) is 4.98 Å². The van der Waals surface area contributed by atoms with Gasteiger partial charge in [0, 0.05) is 16.4 Å². The fourth-order valence-corrected chi connectivity index (χ4v) is 2.63. The van der Waals surface area contributed by atoms with Crippen LogP contribution in [0.25, 0.3) is 10.9 Å². The molecule has 3 nitrogen and oxygen atoms in total. The predicted octanol–water partition coefficient (Wildman–Crippen LogP) is 2.92. The van der Waals surface area contributed by atoms with Crippen molar-refractivity contribution in [1.82, 2.24) is 4.98 Å². The number of pyridine rings is 1. The Labute approximate surface area is 104 Å². The highest BCUT2D eigenvalue weighted by Crippen LogP contribution is 2.36. The average Bonchev–Trinajstić information content (AvgIpc) is 2.25. The van der Waals surface area contributed by atoms with Gasteiger partial charge in [0.2, 0.25) is 0 Å². The van der Waals surface area contributed by atoms with Gasteiger partial charge in [-0.05, 0) is 34.1 Å². The van der Waals surface area contributed by atoms with E-state index in [0.717, 1.165) is 15.6 Å². The number of hydrogen-bond donors (Lipinski definition) is 2. The van der Waals surface area contributed by atoms with E-state index >= 15 is 0 Å². The topological polar surface area (TPSA) is 59.1 Å². The van der Waals surface area contributed by atoms with Gasteiger partial charge in [0.15, 0.2) is 5.75 Å². The largest absolute Gasteiger partial charge is 0.505 e. The predicted molar refractivity (Wildman–Crippen MR) is 66.7 cm³/mol. The summed E-state index contributed by atoms with van der Waals surface area (Å²) in [6, 6.07) is 5.53. The molecular formula is C10H8Br2N2O. The minimum Gasteiger partial charge on any atom is -0.505 e. The van der Waals surface area contributed by atoms with Gasteiger partial charge >= 0.3 is 0 Å². The molecule has 78 valence electrons. The minimum atomic E-state index is 0.142. The molecule has 3 N–H and O–H groups in total. The van der Waals surface area contributed by atoms with Gasteiger partial charge in [-0.2, -0.15) is 0 Å². The van der Waals surface area contributed by atoms with Gasteiger partial charge in [0.25, 0.3) is 0 Å². The molecule has 0 bridgehead atoms. The van der Waals surface area contributed by atoms with Crippen molar-refractivity contribution >= 4 is 42.8 Å². The van der Waals surface area contributed by atoms with Crippen LogP contribution in [-0.4, -0.2) is 10.1 Å². The second-order valence-corrected chi connectivity index (χ2v) is 4.80. The zero-order valence-electron chi connectivity index (χ0n) is 7.67. The van der Waals surface area contributed by atoms with E-state index in [9.17, 15) is 5.11 Å². The first-order valence-corrected chi connectivity index (χ1v) is 5.88. The van der Waals surface area contributed by atoms with Gasteiger partial charge < -0.3 is 10.8 Å². The highest BCUT2D eigenvalue weighted by Gasteiger charge is 2.09. The summed E-state index contributed by atoms with van der Waals surface area (Å²) in [5, 5.41) is 10.7. The van der Waals surface area contributed by atoms with Crippen molar-refractivity contribution in [2.75, 3.05) is 0 Å².